The van der Waals surface area contributed by atoms with Crippen molar-refractivity contribution in [2.24, 2.45) is 0 Å². The Hall–Kier alpha value is -7.51. The van der Waals surface area contributed by atoms with Crippen molar-refractivity contribution in [1.82, 2.24) is 15.0 Å². The summed E-state index contributed by atoms with van der Waals surface area (Å²) in [4.78, 5) is 14.8. The van der Waals surface area contributed by atoms with E-state index < -0.39 is 0 Å². The molecule has 0 fully saturated rings. The Morgan fingerprint density at radius 1 is 0.429 bits per heavy atom. The van der Waals surface area contributed by atoms with Crippen LogP contribution >= 0.6 is 0 Å². The van der Waals surface area contributed by atoms with Crippen LogP contribution in [0.3, 0.4) is 0 Å². The minimum absolute atomic E-state index is 0.0922. The number of aromatic nitrogens is 3. The van der Waals surface area contributed by atoms with Gasteiger partial charge in [0.2, 0.25) is 0 Å². The van der Waals surface area contributed by atoms with Gasteiger partial charge in [-0.05, 0) is 100 Å². The van der Waals surface area contributed by atoms with Gasteiger partial charge in [0.05, 0.1) is 0 Å². The topological polar surface area (TPSA) is 78.1 Å². The van der Waals surface area contributed by atoms with E-state index in [9.17, 15) is 0 Å². The molecule has 12 rings (SSSR count). The molecule has 12 aromatic rings. The molecule has 0 aliphatic heterocycles. The van der Waals surface area contributed by atoms with E-state index in [1.807, 2.05) is 79.7 Å². The fourth-order valence-electron chi connectivity index (χ4n) is 9.19. The molecule has 0 atom stereocenters. The van der Waals surface area contributed by atoms with Gasteiger partial charge in [0.15, 0.2) is 17.5 Å². The first-order valence-electron chi connectivity index (χ1n) is 20.3. The number of hydrogen-bond acceptors (Lipinski definition) is 6. The van der Waals surface area contributed by atoms with E-state index in [-0.39, 0.29) is 38.7 Å². The maximum absolute atomic E-state index is 6.63. The summed E-state index contributed by atoms with van der Waals surface area (Å²) >= 11 is 0. The van der Waals surface area contributed by atoms with Gasteiger partial charge in [0.25, 0.3) is 0 Å². The van der Waals surface area contributed by atoms with Crippen LogP contribution in [0.2, 0.25) is 0 Å². The smallest absolute Gasteiger partial charge is 0.164 e. The first-order chi connectivity index (χ1) is 30.7. The third-order valence-electron chi connectivity index (χ3n) is 12.3. The second kappa shape index (κ2) is 13.8. The van der Waals surface area contributed by atoms with Gasteiger partial charge >= 0.3 is 0 Å². The van der Waals surface area contributed by atoms with Crippen LogP contribution in [0.1, 0.15) is 12.5 Å². The highest BCUT2D eigenvalue weighted by atomic mass is 16.3. The molecule has 0 unspecified atom stereocenters. The van der Waals surface area contributed by atoms with E-state index in [0.29, 0.717) is 33.9 Å². The fourth-order valence-corrected chi connectivity index (χ4v) is 9.19. The molecule has 0 spiro atoms. The second-order valence-corrected chi connectivity index (χ2v) is 15.8. The number of fused-ring (bicyclic) bond motifs is 8. The molecular weight excluding hydrogens is 769 g/mol. The lowest BCUT2D eigenvalue weighted by Gasteiger charge is -2.20. The summed E-state index contributed by atoms with van der Waals surface area (Å²) in [6, 6.07) is 38.7. The van der Waals surface area contributed by atoms with Crippen LogP contribution in [0.4, 0.5) is 0 Å². The first kappa shape index (κ1) is 37.3. The van der Waals surface area contributed by atoms with Gasteiger partial charge in [-0.15, -0.1) is 16.4 Å². The molecule has 0 aliphatic rings. The molecule has 8 aromatic carbocycles. The Bertz CT molecular complexity index is 4010. The van der Waals surface area contributed by atoms with Gasteiger partial charge in [-0.1, -0.05) is 84.2 Å². The van der Waals surface area contributed by atoms with Crippen LogP contribution in [0.5, 0.6) is 0 Å². The summed E-state index contributed by atoms with van der Waals surface area (Å²) in [7, 11) is 31.9. The summed E-state index contributed by atoms with van der Waals surface area (Å²) in [6.07, 6.45) is 3.94. The fraction of sp³-hybridized carbons (Fsp3) is 0.0192. The Balaban J connectivity index is 1.01. The van der Waals surface area contributed by atoms with Crippen LogP contribution in [-0.4, -0.2) is 54.2 Å². The minimum Gasteiger partial charge on any atom is -0.456 e. The third kappa shape index (κ3) is 5.48. The molecule has 0 saturated carbocycles. The lowest BCUT2D eigenvalue weighted by atomic mass is 9.60. The zero-order chi connectivity index (χ0) is 42.8. The van der Waals surface area contributed by atoms with Gasteiger partial charge in [0, 0.05) is 49.0 Å². The molecular formula is C52H26B5N3O3. The summed E-state index contributed by atoms with van der Waals surface area (Å²) < 4.78 is 19.4. The van der Waals surface area contributed by atoms with Gasteiger partial charge in [-0.25, -0.2) is 15.0 Å². The quantitative estimate of drug-likeness (QED) is 0.133. The van der Waals surface area contributed by atoms with Crippen LogP contribution in [0.25, 0.3) is 134 Å². The number of rotatable bonds is 5. The van der Waals surface area contributed by atoms with E-state index in [4.69, 9.17) is 67.4 Å². The van der Waals surface area contributed by atoms with E-state index in [1.165, 1.54) is 0 Å². The molecule has 0 bridgehead atoms. The van der Waals surface area contributed by atoms with Gasteiger partial charge in [0.1, 0.15) is 72.6 Å². The molecule has 0 N–H and O–H groups in total. The van der Waals surface area contributed by atoms with Crippen molar-refractivity contribution in [3.8, 4) is 45.3 Å². The largest absolute Gasteiger partial charge is 0.456 e. The molecule has 282 valence electrons. The average molecular weight is 795 g/mol. The Morgan fingerprint density at radius 2 is 0.921 bits per heavy atom. The predicted molar refractivity (Wildman–Crippen MR) is 263 cm³/mol. The van der Waals surface area contributed by atoms with Crippen molar-refractivity contribution in [1.29, 1.82) is 0 Å². The van der Waals surface area contributed by atoms with Crippen molar-refractivity contribution < 1.29 is 13.3 Å². The lowest BCUT2D eigenvalue weighted by molar-refractivity contribution is 0.583. The summed E-state index contributed by atoms with van der Waals surface area (Å²) in [5, 5.41) is 9.42. The molecule has 0 aliphatic carbocycles. The monoisotopic (exact) mass is 795 g/mol. The number of nitrogens with zero attached hydrogens (tertiary/aromatic N) is 3. The zero-order valence-corrected chi connectivity index (χ0v) is 33.8. The van der Waals surface area contributed by atoms with Gasteiger partial charge in [-0.2, -0.15) is 0 Å². The molecule has 4 heterocycles. The number of para-hydroxylation sites is 1. The lowest BCUT2D eigenvalue weighted by Crippen LogP contribution is -2.55. The van der Waals surface area contributed by atoms with E-state index in [0.717, 1.165) is 87.3 Å². The molecule has 11 heteroatoms. The highest BCUT2D eigenvalue weighted by molar-refractivity contribution is 6.68. The molecule has 6 nitrogen and oxygen atoms in total. The van der Waals surface area contributed by atoms with Crippen molar-refractivity contribution in [2.75, 3.05) is 0 Å². The van der Waals surface area contributed by atoms with E-state index in [1.54, 1.807) is 0 Å². The predicted octanol–water partition coefficient (Wildman–Crippen LogP) is 7.52. The average Bonchev–Trinajstić information content (AvgIpc) is 4.01. The second-order valence-electron chi connectivity index (χ2n) is 15.8. The van der Waals surface area contributed by atoms with Crippen LogP contribution in [0, 0.1) is 0 Å². The van der Waals surface area contributed by atoms with Gasteiger partial charge < -0.3 is 13.3 Å². The van der Waals surface area contributed by atoms with Gasteiger partial charge in [-0.3, -0.25) is 0 Å². The Labute approximate surface area is 366 Å². The summed E-state index contributed by atoms with van der Waals surface area (Å²) in [5.41, 5.74) is 9.66. The first-order valence-corrected chi connectivity index (χ1v) is 20.3. The van der Waals surface area contributed by atoms with Crippen molar-refractivity contribution >= 4 is 155 Å². The molecule has 10 radical (unpaired) electrons. The third-order valence-corrected chi connectivity index (χ3v) is 12.3. The number of hydrogen-bond donors (Lipinski definition) is 0. The van der Waals surface area contributed by atoms with Crippen molar-refractivity contribution in [3.63, 3.8) is 0 Å². The Morgan fingerprint density at radius 3 is 1.54 bits per heavy atom. The van der Waals surface area contributed by atoms with Crippen LogP contribution in [-0.2, 0) is 0 Å². The SMILES string of the molecule is [B]c1c([B])c([B])c(-c2nc(-c3ccc4c(c3)oc3ccccc34)nc(-c3ccc4c(c3)oc3cc(-c5cc6o/c(=C/C)c7c(C=C)c8ccccc8c(c5)c67)ccc34)n2)c([B])c1[B]. The zero-order valence-electron chi connectivity index (χ0n) is 33.8. The van der Waals surface area contributed by atoms with E-state index >= 15 is 0 Å². The maximum atomic E-state index is 6.63. The molecule has 63 heavy (non-hydrogen) atoms. The van der Waals surface area contributed by atoms with Crippen LogP contribution < -0.4 is 32.7 Å². The van der Waals surface area contributed by atoms with Crippen molar-refractivity contribution in [3.05, 3.63) is 133 Å². The minimum atomic E-state index is 0.0922. The standard InChI is InChI=1S/C52H26B5N3O3/c1-3-28-29-9-5-6-10-30(29)35-19-27(23-41-43(35)42(28)36(4-2)61-41)24-13-16-33-34-18-15-26(22-40(34)63-38(33)20-24)51-58-50(25-14-17-32-31-11-7-8-12-37(31)62-39(32)21-25)59-52(60-51)44-45(53)47(55)49(57)48(56)46(44)54/h3-23H,1H2,2H3/b36-4+. The number of benzene rings is 8. The number of furan rings is 3. The summed E-state index contributed by atoms with van der Waals surface area (Å²) in [5.74, 6) is 0.869. The highest BCUT2D eigenvalue weighted by Crippen LogP contribution is 2.41. The Kier molecular flexibility index (Phi) is 8.14. The highest BCUT2D eigenvalue weighted by Gasteiger charge is 2.22. The summed E-state index contributed by atoms with van der Waals surface area (Å²) in [6.45, 7) is 6.15. The molecule has 0 amide bonds. The maximum Gasteiger partial charge on any atom is 0.164 e. The van der Waals surface area contributed by atoms with Crippen LogP contribution in [0.15, 0.2) is 135 Å². The van der Waals surface area contributed by atoms with Crippen molar-refractivity contribution in [2.45, 2.75) is 6.92 Å². The molecule has 4 aromatic heterocycles. The normalized spacial score (nSPS) is 12.4. The van der Waals surface area contributed by atoms with E-state index in [2.05, 4.69) is 61.2 Å². The molecule has 0 saturated heterocycles.